The number of benzene rings is 1. The standard InChI is InChI=1S/C13H8BrFN2O/c14-13-12(2-1-5-17-13)18-8-9-3-4-11(15)10(6-9)7-16/h1-6H,8H2. The Labute approximate surface area is 112 Å². The van der Waals surface area contributed by atoms with Gasteiger partial charge in [-0.25, -0.2) is 9.37 Å². The molecule has 5 heteroatoms. The molecular weight excluding hydrogens is 299 g/mol. The van der Waals surface area contributed by atoms with Gasteiger partial charge in [0.1, 0.15) is 23.1 Å². The number of hydrogen-bond acceptors (Lipinski definition) is 3. The molecule has 0 fully saturated rings. The molecule has 0 amide bonds. The van der Waals surface area contributed by atoms with Gasteiger partial charge in [0.05, 0.1) is 5.56 Å². The van der Waals surface area contributed by atoms with Gasteiger partial charge in [0.15, 0.2) is 5.75 Å². The summed E-state index contributed by atoms with van der Waals surface area (Å²) in [6.45, 7) is 0.249. The minimum atomic E-state index is -0.524. The second kappa shape index (κ2) is 5.61. The summed E-state index contributed by atoms with van der Waals surface area (Å²) in [5, 5.41) is 8.72. The van der Waals surface area contributed by atoms with Crippen LogP contribution < -0.4 is 4.74 Å². The van der Waals surface area contributed by atoms with Gasteiger partial charge in [0, 0.05) is 6.20 Å². The number of ether oxygens (including phenoxy) is 1. The Kier molecular flexibility index (Phi) is 3.90. The molecule has 2 aromatic rings. The van der Waals surface area contributed by atoms with Crippen molar-refractivity contribution in [1.29, 1.82) is 5.26 Å². The van der Waals surface area contributed by atoms with Gasteiger partial charge in [0.25, 0.3) is 0 Å². The number of pyridine rings is 1. The molecule has 0 spiro atoms. The van der Waals surface area contributed by atoms with E-state index in [2.05, 4.69) is 20.9 Å². The summed E-state index contributed by atoms with van der Waals surface area (Å²) in [5.41, 5.74) is 0.741. The van der Waals surface area contributed by atoms with E-state index in [1.165, 1.54) is 12.1 Å². The Morgan fingerprint density at radius 2 is 2.22 bits per heavy atom. The zero-order chi connectivity index (χ0) is 13.0. The van der Waals surface area contributed by atoms with Crippen molar-refractivity contribution in [2.45, 2.75) is 6.61 Å². The van der Waals surface area contributed by atoms with Crippen LogP contribution in [0.3, 0.4) is 0 Å². The second-order valence-corrected chi connectivity index (χ2v) is 4.26. The molecule has 2 rings (SSSR count). The van der Waals surface area contributed by atoms with Crippen LogP contribution in [-0.2, 0) is 6.61 Å². The monoisotopic (exact) mass is 306 g/mol. The zero-order valence-corrected chi connectivity index (χ0v) is 10.8. The Bertz CT molecular complexity index is 610. The topological polar surface area (TPSA) is 45.9 Å². The second-order valence-electron chi connectivity index (χ2n) is 3.51. The molecule has 0 atom stereocenters. The first-order chi connectivity index (χ1) is 8.70. The number of nitrogens with zero attached hydrogens (tertiary/aromatic N) is 2. The first-order valence-corrected chi connectivity index (χ1v) is 5.92. The van der Waals surface area contributed by atoms with E-state index in [1.807, 2.05) is 0 Å². The minimum absolute atomic E-state index is 0.0151. The van der Waals surface area contributed by atoms with Crippen molar-refractivity contribution in [2.75, 3.05) is 0 Å². The molecular formula is C13H8BrFN2O. The third-order valence-electron chi connectivity index (χ3n) is 2.27. The van der Waals surface area contributed by atoms with E-state index in [4.69, 9.17) is 10.00 Å². The van der Waals surface area contributed by atoms with E-state index in [-0.39, 0.29) is 12.2 Å². The highest BCUT2D eigenvalue weighted by molar-refractivity contribution is 9.10. The van der Waals surface area contributed by atoms with Crippen LogP contribution in [-0.4, -0.2) is 4.98 Å². The van der Waals surface area contributed by atoms with Crippen LogP contribution in [0.1, 0.15) is 11.1 Å². The highest BCUT2D eigenvalue weighted by Gasteiger charge is 2.05. The van der Waals surface area contributed by atoms with Gasteiger partial charge in [0.2, 0.25) is 0 Å². The first kappa shape index (κ1) is 12.5. The highest BCUT2D eigenvalue weighted by Crippen LogP contribution is 2.22. The largest absolute Gasteiger partial charge is 0.486 e. The third-order valence-corrected chi connectivity index (χ3v) is 2.87. The van der Waals surface area contributed by atoms with Crippen molar-refractivity contribution in [3.63, 3.8) is 0 Å². The maximum Gasteiger partial charge on any atom is 0.152 e. The van der Waals surface area contributed by atoms with Crippen molar-refractivity contribution in [1.82, 2.24) is 4.98 Å². The van der Waals surface area contributed by atoms with Crippen LogP contribution in [0.4, 0.5) is 4.39 Å². The van der Waals surface area contributed by atoms with Crippen LogP contribution in [0, 0.1) is 17.1 Å². The van der Waals surface area contributed by atoms with Gasteiger partial charge in [-0.15, -0.1) is 0 Å². The Morgan fingerprint density at radius 3 is 2.94 bits per heavy atom. The lowest BCUT2D eigenvalue weighted by Gasteiger charge is -2.07. The molecule has 0 saturated carbocycles. The normalized spacial score (nSPS) is 9.83. The molecule has 0 bridgehead atoms. The lowest BCUT2D eigenvalue weighted by atomic mass is 10.1. The number of rotatable bonds is 3. The van der Waals surface area contributed by atoms with Crippen LogP contribution in [0.15, 0.2) is 41.1 Å². The van der Waals surface area contributed by atoms with Crippen molar-refractivity contribution in [2.24, 2.45) is 0 Å². The fourth-order valence-electron chi connectivity index (χ4n) is 1.39. The molecule has 0 N–H and O–H groups in total. The summed E-state index contributed by atoms with van der Waals surface area (Å²) in [6, 6.07) is 9.63. The van der Waals surface area contributed by atoms with Gasteiger partial charge in [-0.2, -0.15) is 5.26 Å². The molecule has 1 aromatic heterocycles. The molecule has 3 nitrogen and oxygen atoms in total. The quantitative estimate of drug-likeness (QED) is 0.816. The smallest absolute Gasteiger partial charge is 0.152 e. The number of nitriles is 1. The summed E-state index contributed by atoms with van der Waals surface area (Å²) in [7, 11) is 0. The molecule has 90 valence electrons. The number of halogens is 2. The predicted octanol–water partition coefficient (Wildman–Crippen LogP) is 3.43. The summed E-state index contributed by atoms with van der Waals surface area (Å²) < 4.78 is 19.2. The lowest BCUT2D eigenvalue weighted by molar-refractivity contribution is 0.302. The highest BCUT2D eigenvalue weighted by atomic mass is 79.9. The number of aromatic nitrogens is 1. The third kappa shape index (κ3) is 2.84. The first-order valence-electron chi connectivity index (χ1n) is 5.12. The fourth-order valence-corrected chi connectivity index (χ4v) is 1.75. The van der Waals surface area contributed by atoms with Crippen molar-refractivity contribution < 1.29 is 9.13 Å². The summed E-state index contributed by atoms with van der Waals surface area (Å²) >= 11 is 3.26. The van der Waals surface area contributed by atoms with Crippen LogP contribution in [0.5, 0.6) is 5.75 Å². The molecule has 0 unspecified atom stereocenters. The average molecular weight is 307 g/mol. The SMILES string of the molecule is N#Cc1cc(COc2cccnc2Br)ccc1F. The molecule has 1 aromatic carbocycles. The van der Waals surface area contributed by atoms with Gasteiger partial charge in [-0.3, -0.25) is 0 Å². The Balaban J connectivity index is 2.12. The summed E-state index contributed by atoms with van der Waals surface area (Å²) in [4.78, 5) is 4.02. The summed E-state index contributed by atoms with van der Waals surface area (Å²) in [5.74, 6) is 0.0733. The lowest BCUT2D eigenvalue weighted by Crippen LogP contribution is -1.98. The van der Waals surface area contributed by atoms with Crippen molar-refractivity contribution in [3.8, 4) is 11.8 Å². The van der Waals surface area contributed by atoms with E-state index in [1.54, 1.807) is 30.5 Å². The Morgan fingerprint density at radius 1 is 1.39 bits per heavy atom. The van der Waals surface area contributed by atoms with Gasteiger partial charge >= 0.3 is 0 Å². The minimum Gasteiger partial charge on any atom is -0.486 e. The van der Waals surface area contributed by atoms with E-state index in [0.717, 1.165) is 5.56 Å². The van der Waals surface area contributed by atoms with Crippen LogP contribution in [0.25, 0.3) is 0 Å². The van der Waals surface area contributed by atoms with Gasteiger partial charge in [-0.1, -0.05) is 6.07 Å². The van der Waals surface area contributed by atoms with E-state index in [0.29, 0.717) is 10.4 Å². The van der Waals surface area contributed by atoms with E-state index in [9.17, 15) is 4.39 Å². The molecule has 0 aliphatic heterocycles. The zero-order valence-electron chi connectivity index (χ0n) is 9.23. The van der Waals surface area contributed by atoms with Crippen LogP contribution >= 0.6 is 15.9 Å². The van der Waals surface area contributed by atoms with Gasteiger partial charge < -0.3 is 4.74 Å². The van der Waals surface area contributed by atoms with E-state index >= 15 is 0 Å². The van der Waals surface area contributed by atoms with E-state index < -0.39 is 5.82 Å². The summed E-state index contributed by atoms with van der Waals surface area (Å²) in [6.07, 6.45) is 1.64. The molecule has 0 aliphatic rings. The van der Waals surface area contributed by atoms with Crippen LogP contribution in [0.2, 0.25) is 0 Å². The predicted molar refractivity (Wildman–Crippen MR) is 67.4 cm³/mol. The van der Waals surface area contributed by atoms with Crippen molar-refractivity contribution >= 4 is 15.9 Å². The molecule has 0 aliphatic carbocycles. The molecule has 0 radical (unpaired) electrons. The fraction of sp³-hybridized carbons (Fsp3) is 0.0769. The maximum atomic E-state index is 13.1. The Hall–Kier alpha value is -1.93. The number of hydrogen-bond donors (Lipinski definition) is 0. The molecule has 0 saturated heterocycles. The van der Waals surface area contributed by atoms with Crippen molar-refractivity contribution in [3.05, 3.63) is 58.1 Å². The maximum absolute atomic E-state index is 13.1. The average Bonchev–Trinajstić information content (AvgIpc) is 2.39. The molecule has 18 heavy (non-hydrogen) atoms. The van der Waals surface area contributed by atoms with Gasteiger partial charge in [-0.05, 0) is 45.8 Å². The molecule has 1 heterocycles.